The quantitative estimate of drug-likeness (QED) is 0.391. The van der Waals surface area contributed by atoms with Gasteiger partial charge in [-0.25, -0.2) is 0 Å². The molecule has 3 amide bonds. The number of fused-ring (bicyclic) bond motifs is 1. The third-order valence-electron chi connectivity index (χ3n) is 7.81. The number of nitrogens with one attached hydrogen (secondary N) is 2. The zero-order valence-electron chi connectivity index (χ0n) is 20.2. The first-order valence-electron chi connectivity index (χ1n) is 12.6. The van der Waals surface area contributed by atoms with Crippen molar-refractivity contribution in [2.75, 3.05) is 25.6 Å². The van der Waals surface area contributed by atoms with E-state index >= 15 is 0 Å². The third kappa shape index (κ3) is 4.42. The van der Waals surface area contributed by atoms with E-state index in [1.807, 2.05) is 12.2 Å². The summed E-state index contributed by atoms with van der Waals surface area (Å²) in [6.07, 6.45) is 8.81. The Bertz CT molecular complexity index is 1080. The van der Waals surface area contributed by atoms with Crippen LogP contribution in [0, 0.1) is 11.8 Å². The molecule has 3 heterocycles. The van der Waals surface area contributed by atoms with Crippen molar-refractivity contribution in [2.24, 2.45) is 11.8 Å². The number of benzene rings is 1. The van der Waals surface area contributed by atoms with Gasteiger partial charge in [0, 0.05) is 32.0 Å². The number of carbonyl (C=O) groups excluding carboxylic acids is 3. The molecule has 1 aliphatic carbocycles. The van der Waals surface area contributed by atoms with E-state index in [4.69, 9.17) is 32.7 Å². The van der Waals surface area contributed by atoms with Gasteiger partial charge in [0.15, 0.2) is 0 Å². The topological polar surface area (TPSA) is 97.0 Å². The predicted molar refractivity (Wildman–Crippen MR) is 136 cm³/mol. The number of hydrogen-bond acceptors (Lipinski definition) is 5. The van der Waals surface area contributed by atoms with Crippen LogP contribution in [0.5, 0.6) is 0 Å². The summed E-state index contributed by atoms with van der Waals surface area (Å²) in [4.78, 5) is 42.5. The van der Waals surface area contributed by atoms with Gasteiger partial charge in [0.1, 0.15) is 11.6 Å². The van der Waals surface area contributed by atoms with Crippen molar-refractivity contribution in [1.82, 2.24) is 10.2 Å². The van der Waals surface area contributed by atoms with Gasteiger partial charge < -0.3 is 25.0 Å². The number of halogens is 2. The van der Waals surface area contributed by atoms with E-state index in [0.29, 0.717) is 35.3 Å². The van der Waals surface area contributed by atoms with Crippen molar-refractivity contribution in [3.05, 3.63) is 40.4 Å². The molecular weight excluding hydrogens is 505 g/mol. The van der Waals surface area contributed by atoms with Crippen molar-refractivity contribution in [3.63, 3.8) is 0 Å². The smallest absolute Gasteiger partial charge is 0.246 e. The van der Waals surface area contributed by atoms with Gasteiger partial charge in [0.2, 0.25) is 17.7 Å². The Morgan fingerprint density at radius 3 is 2.67 bits per heavy atom. The van der Waals surface area contributed by atoms with Gasteiger partial charge in [0.05, 0.1) is 28.0 Å². The average molecular weight is 536 g/mol. The van der Waals surface area contributed by atoms with E-state index in [1.54, 1.807) is 30.2 Å². The predicted octanol–water partition coefficient (Wildman–Crippen LogP) is 3.57. The SMILES string of the molecule is COCCCN1C(=O)[C@H]2[C@@H](C(=O)Nc3ccc(Cl)c(Cl)c3)[C@H]3C=C[C@@]2(O3)[C@H]1C(=O)NC1CCCCC1. The molecule has 2 saturated heterocycles. The zero-order chi connectivity index (χ0) is 25.4. The minimum Gasteiger partial charge on any atom is -0.385 e. The summed E-state index contributed by atoms with van der Waals surface area (Å²) in [6, 6.07) is 4.07. The lowest BCUT2D eigenvalue weighted by Crippen LogP contribution is -2.56. The van der Waals surface area contributed by atoms with Gasteiger partial charge >= 0.3 is 0 Å². The van der Waals surface area contributed by atoms with Crippen LogP contribution in [0.4, 0.5) is 5.69 Å². The molecule has 1 spiro atoms. The van der Waals surface area contributed by atoms with Crippen LogP contribution in [0.3, 0.4) is 0 Å². The number of methoxy groups -OCH3 is 1. The Morgan fingerprint density at radius 2 is 1.94 bits per heavy atom. The molecule has 36 heavy (non-hydrogen) atoms. The summed E-state index contributed by atoms with van der Waals surface area (Å²) < 4.78 is 11.5. The average Bonchev–Trinajstić information content (AvgIpc) is 3.50. The zero-order valence-corrected chi connectivity index (χ0v) is 21.7. The molecule has 0 unspecified atom stereocenters. The number of rotatable bonds is 8. The molecule has 4 aliphatic rings. The van der Waals surface area contributed by atoms with Gasteiger partial charge in [-0.3, -0.25) is 14.4 Å². The second-order valence-corrected chi connectivity index (χ2v) is 10.9. The van der Waals surface area contributed by atoms with E-state index < -0.39 is 29.6 Å². The molecule has 10 heteroatoms. The van der Waals surface area contributed by atoms with E-state index in [1.165, 1.54) is 6.42 Å². The van der Waals surface area contributed by atoms with Crippen LogP contribution in [0.15, 0.2) is 30.4 Å². The van der Waals surface area contributed by atoms with Gasteiger partial charge in [-0.05, 0) is 37.5 Å². The van der Waals surface area contributed by atoms with Crippen molar-refractivity contribution in [3.8, 4) is 0 Å². The minimum absolute atomic E-state index is 0.0916. The van der Waals surface area contributed by atoms with Gasteiger partial charge in [-0.1, -0.05) is 54.6 Å². The number of hydrogen-bond donors (Lipinski definition) is 2. The van der Waals surface area contributed by atoms with Crippen molar-refractivity contribution in [1.29, 1.82) is 0 Å². The molecule has 2 bridgehead atoms. The van der Waals surface area contributed by atoms with Crippen LogP contribution in [0.25, 0.3) is 0 Å². The molecule has 2 N–H and O–H groups in total. The number of ether oxygens (including phenoxy) is 2. The first kappa shape index (κ1) is 25.5. The molecule has 5 rings (SSSR count). The number of carbonyl (C=O) groups is 3. The Balaban J connectivity index is 1.41. The Hall–Kier alpha value is -2.13. The van der Waals surface area contributed by atoms with Crippen LogP contribution in [0.1, 0.15) is 38.5 Å². The molecule has 194 valence electrons. The molecule has 3 aliphatic heterocycles. The van der Waals surface area contributed by atoms with Crippen LogP contribution >= 0.6 is 23.2 Å². The highest BCUT2D eigenvalue weighted by Crippen LogP contribution is 2.55. The summed E-state index contributed by atoms with van der Waals surface area (Å²) >= 11 is 12.1. The van der Waals surface area contributed by atoms with Crippen LogP contribution < -0.4 is 10.6 Å². The highest BCUT2D eigenvalue weighted by Gasteiger charge is 2.72. The molecule has 1 aromatic rings. The first-order valence-corrected chi connectivity index (χ1v) is 13.3. The van der Waals surface area contributed by atoms with Crippen LogP contribution in [-0.2, 0) is 23.9 Å². The van der Waals surface area contributed by atoms with E-state index in [2.05, 4.69) is 10.6 Å². The fraction of sp³-hybridized carbons (Fsp3) is 0.577. The number of nitrogens with zero attached hydrogens (tertiary/aromatic N) is 1. The normalized spacial score (nSPS) is 31.1. The van der Waals surface area contributed by atoms with Crippen LogP contribution in [0.2, 0.25) is 10.0 Å². The first-order chi connectivity index (χ1) is 17.4. The molecule has 1 saturated carbocycles. The van der Waals surface area contributed by atoms with Gasteiger partial charge in [0.25, 0.3) is 0 Å². The number of likely N-dealkylation sites (tertiary alicyclic amines) is 1. The maximum absolute atomic E-state index is 13.8. The minimum atomic E-state index is -1.17. The molecule has 5 atom stereocenters. The molecule has 1 aromatic carbocycles. The molecule has 3 fully saturated rings. The van der Waals surface area contributed by atoms with Gasteiger partial charge in [-0.15, -0.1) is 0 Å². The fourth-order valence-electron chi connectivity index (χ4n) is 6.21. The summed E-state index contributed by atoms with van der Waals surface area (Å²) in [5.74, 6) is -2.37. The van der Waals surface area contributed by atoms with E-state index in [9.17, 15) is 14.4 Å². The lowest BCUT2D eigenvalue weighted by atomic mass is 9.74. The maximum Gasteiger partial charge on any atom is 0.246 e. The highest BCUT2D eigenvalue weighted by atomic mass is 35.5. The number of amides is 3. The summed E-state index contributed by atoms with van der Waals surface area (Å²) in [7, 11) is 1.60. The standard InChI is InChI=1S/C26H31Cl2N3O5/c1-35-13-5-12-31-22(24(33)29-15-6-3-2-4-7-15)26-11-10-19(36-26)20(21(26)25(31)34)23(32)30-16-8-9-17(27)18(28)14-16/h8-11,14-15,19-22H,2-7,12-13H2,1H3,(H,29,33)(H,30,32)/t19-,20+,21-,22-,26+/m1/s1. The van der Waals surface area contributed by atoms with E-state index in [0.717, 1.165) is 25.7 Å². The summed E-state index contributed by atoms with van der Waals surface area (Å²) in [5, 5.41) is 6.73. The lowest BCUT2D eigenvalue weighted by Gasteiger charge is -2.34. The fourth-order valence-corrected chi connectivity index (χ4v) is 6.51. The largest absolute Gasteiger partial charge is 0.385 e. The second kappa shape index (κ2) is 10.3. The molecule has 0 radical (unpaired) electrons. The Morgan fingerprint density at radius 1 is 1.17 bits per heavy atom. The lowest BCUT2D eigenvalue weighted by molar-refractivity contribution is -0.141. The van der Waals surface area contributed by atoms with Crippen molar-refractivity contribution in [2.45, 2.75) is 62.3 Å². The molecular formula is C26H31Cl2N3O5. The van der Waals surface area contributed by atoms with E-state index in [-0.39, 0.29) is 23.8 Å². The van der Waals surface area contributed by atoms with Gasteiger partial charge in [-0.2, -0.15) is 0 Å². The van der Waals surface area contributed by atoms with Crippen LogP contribution in [-0.4, -0.2) is 66.7 Å². The summed E-state index contributed by atoms with van der Waals surface area (Å²) in [5.41, 5.74) is -0.697. The molecule has 8 nitrogen and oxygen atoms in total. The van der Waals surface area contributed by atoms with Crippen molar-refractivity contribution >= 4 is 46.6 Å². The Kier molecular flexibility index (Phi) is 7.32. The Labute approximate surface area is 220 Å². The second-order valence-electron chi connectivity index (χ2n) is 10.0. The maximum atomic E-state index is 13.8. The monoisotopic (exact) mass is 535 g/mol. The third-order valence-corrected chi connectivity index (χ3v) is 8.55. The number of anilines is 1. The highest BCUT2D eigenvalue weighted by molar-refractivity contribution is 6.42. The molecule has 0 aromatic heterocycles. The van der Waals surface area contributed by atoms with Crippen molar-refractivity contribution < 1.29 is 23.9 Å². The summed E-state index contributed by atoms with van der Waals surface area (Å²) in [6.45, 7) is 0.801.